The van der Waals surface area contributed by atoms with E-state index in [4.69, 9.17) is 5.11 Å². The molecule has 0 atom stereocenters. The highest BCUT2D eigenvalue weighted by atomic mass is 16.3. The third-order valence-corrected chi connectivity index (χ3v) is 2.48. The molecule has 0 bridgehead atoms. The number of carbonyl (C=O) groups is 1. The summed E-state index contributed by atoms with van der Waals surface area (Å²) in [6.07, 6.45) is 4.15. The predicted molar refractivity (Wildman–Crippen MR) is 69.3 cm³/mol. The second-order valence-corrected chi connectivity index (χ2v) is 4.01. The van der Waals surface area contributed by atoms with E-state index in [0.717, 1.165) is 6.42 Å². The minimum absolute atomic E-state index is 0.0166. The quantitative estimate of drug-likeness (QED) is 0.747. The highest BCUT2D eigenvalue weighted by Gasteiger charge is 2.15. The van der Waals surface area contributed by atoms with Crippen LogP contribution in [0.3, 0.4) is 0 Å². The van der Waals surface area contributed by atoms with Gasteiger partial charge in [0.2, 0.25) is 11.9 Å². The van der Waals surface area contributed by atoms with Crippen LogP contribution in [-0.2, 0) is 4.79 Å². The van der Waals surface area contributed by atoms with Crippen LogP contribution in [0.2, 0.25) is 0 Å². The van der Waals surface area contributed by atoms with Gasteiger partial charge in [-0.3, -0.25) is 4.79 Å². The first kappa shape index (κ1) is 14.4. The Morgan fingerprint density at radius 1 is 1.33 bits per heavy atom. The lowest BCUT2D eigenvalue weighted by Crippen LogP contribution is -2.41. The normalized spacial score (nSPS) is 10.2. The smallest absolute Gasteiger partial charge is 0.242 e. The summed E-state index contributed by atoms with van der Waals surface area (Å²) in [7, 11) is 1.77. The Hall–Kier alpha value is -1.69. The van der Waals surface area contributed by atoms with Gasteiger partial charge < -0.3 is 14.9 Å². The van der Waals surface area contributed by atoms with Gasteiger partial charge in [-0.1, -0.05) is 6.92 Å². The first-order valence-electron chi connectivity index (χ1n) is 6.05. The minimum Gasteiger partial charge on any atom is -0.395 e. The molecular formula is C12H20N4O2. The van der Waals surface area contributed by atoms with Crippen molar-refractivity contribution in [1.82, 2.24) is 14.9 Å². The molecule has 0 aliphatic rings. The molecule has 0 unspecified atom stereocenters. The van der Waals surface area contributed by atoms with Gasteiger partial charge in [-0.2, -0.15) is 0 Å². The lowest BCUT2D eigenvalue weighted by Gasteiger charge is -2.24. The zero-order valence-corrected chi connectivity index (χ0v) is 10.9. The topological polar surface area (TPSA) is 69.6 Å². The van der Waals surface area contributed by atoms with Gasteiger partial charge >= 0.3 is 0 Å². The van der Waals surface area contributed by atoms with Gasteiger partial charge in [0.25, 0.3) is 0 Å². The van der Waals surface area contributed by atoms with E-state index in [1.807, 2.05) is 6.92 Å². The maximum atomic E-state index is 12.0. The van der Waals surface area contributed by atoms with Crippen molar-refractivity contribution in [2.24, 2.45) is 0 Å². The Balaban J connectivity index is 2.57. The van der Waals surface area contributed by atoms with Crippen LogP contribution >= 0.6 is 0 Å². The van der Waals surface area contributed by atoms with Crippen molar-refractivity contribution < 1.29 is 9.90 Å². The largest absolute Gasteiger partial charge is 0.395 e. The number of likely N-dealkylation sites (N-methyl/N-ethyl adjacent to an activating group) is 1. The van der Waals surface area contributed by atoms with Crippen molar-refractivity contribution in [2.45, 2.75) is 13.3 Å². The van der Waals surface area contributed by atoms with Crippen molar-refractivity contribution in [1.29, 1.82) is 0 Å². The van der Waals surface area contributed by atoms with E-state index >= 15 is 0 Å². The van der Waals surface area contributed by atoms with Crippen LogP contribution < -0.4 is 4.90 Å². The molecule has 0 aromatic carbocycles. The van der Waals surface area contributed by atoms with Gasteiger partial charge in [-0.05, 0) is 12.5 Å². The highest BCUT2D eigenvalue weighted by Crippen LogP contribution is 2.03. The first-order valence-corrected chi connectivity index (χ1v) is 6.05. The van der Waals surface area contributed by atoms with Gasteiger partial charge in [0.05, 0.1) is 13.2 Å². The highest BCUT2D eigenvalue weighted by molar-refractivity contribution is 5.80. The van der Waals surface area contributed by atoms with Crippen LogP contribution in [0.25, 0.3) is 0 Å². The fourth-order valence-corrected chi connectivity index (χ4v) is 1.61. The predicted octanol–water partition coefficient (Wildman–Crippen LogP) is 0.144. The van der Waals surface area contributed by atoms with Crippen LogP contribution in [0.15, 0.2) is 18.5 Å². The number of aliphatic hydroxyl groups is 1. The molecule has 1 heterocycles. The number of aromatic nitrogens is 2. The molecule has 6 nitrogen and oxygen atoms in total. The van der Waals surface area contributed by atoms with Crippen LogP contribution in [0.4, 0.5) is 5.95 Å². The van der Waals surface area contributed by atoms with Crippen molar-refractivity contribution in [3.8, 4) is 0 Å². The summed E-state index contributed by atoms with van der Waals surface area (Å²) in [4.78, 5) is 23.5. The monoisotopic (exact) mass is 252 g/mol. The second kappa shape index (κ2) is 7.60. The van der Waals surface area contributed by atoms with E-state index in [1.54, 1.807) is 35.3 Å². The molecular weight excluding hydrogens is 232 g/mol. The van der Waals surface area contributed by atoms with Gasteiger partial charge in [0.1, 0.15) is 0 Å². The SMILES string of the molecule is CCCN(CCO)C(=O)CN(C)c1ncccn1. The number of amides is 1. The molecule has 1 amide bonds. The zero-order valence-electron chi connectivity index (χ0n) is 10.9. The molecule has 1 rings (SSSR count). The molecule has 1 aromatic rings. The Kier molecular flexibility index (Phi) is 6.07. The van der Waals surface area contributed by atoms with Gasteiger partial charge in [0.15, 0.2) is 0 Å². The molecule has 100 valence electrons. The van der Waals surface area contributed by atoms with E-state index in [9.17, 15) is 4.79 Å². The molecule has 6 heteroatoms. The standard InChI is InChI=1S/C12H20N4O2/c1-3-7-16(8-9-17)11(18)10-15(2)12-13-5-4-6-14-12/h4-6,17H,3,7-10H2,1-2H3. The second-order valence-electron chi connectivity index (χ2n) is 4.01. The minimum atomic E-state index is -0.0270. The maximum absolute atomic E-state index is 12.0. The fourth-order valence-electron chi connectivity index (χ4n) is 1.61. The van der Waals surface area contributed by atoms with Gasteiger partial charge in [-0.25, -0.2) is 9.97 Å². The summed E-state index contributed by atoms with van der Waals surface area (Å²) >= 11 is 0. The summed E-state index contributed by atoms with van der Waals surface area (Å²) < 4.78 is 0. The molecule has 0 aliphatic carbocycles. The number of aliphatic hydroxyl groups excluding tert-OH is 1. The van der Waals surface area contributed by atoms with Crippen LogP contribution in [0, 0.1) is 0 Å². The van der Waals surface area contributed by atoms with E-state index < -0.39 is 0 Å². The van der Waals surface area contributed by atoms with Crippen molar-refractivity contribution >= 4 is 11.9 Å². The lowest BCUT2D eigenvalue weighted by atomic mass is 10.3. The van der Waals surface area contributed by atoms with E-state index in [0.29, 0.717) is 19.0 Å². The Morgan fingerprint density at radius 3 is 2.56 bits per heavy atom. The fraction of sp³-hybridized carbons (Fsp3) is 0.583. The van der Waals surface area contributed by atoms with Crippen LogP contribution in [0.1, 0.15) is 13.3 Å². The number of hydrogen-bond acceptors (Lipinski definition) is 5. The average Bonchev–Trinajstić information content (AvgIpc) is 2.39. The third-order valence-electron chi connectivity index (χ3n) is 2.48. The van der Waals surface area contributed by atoms with Crippen molar-refractivity contribution in [3.63, 3.8) is 0 Å². The Morgan fingerprint density at radius 2 is 2.00 bits per heavy atom. The molecule has 0 saturated carbocycles. The summed E-state index contributed by atoms with van der Waals surface area (Å²) in [5.74, 6) is 0.493. The molecule has 1 aromatic heterocycles. The Bertz CT molecular complexity index is 352. The third kappa shape index (κ3) is 4.29. The molecule has 0 radical (unpaired) electrons. The van der Waals surface area contributed by atoms with Gasteiger partial charge in [-0.15, -0.1) is 0 Å². The number of carbonyl (C=O) groups excluding carboxylic acids is 1. The number of rotatable bonds is 7. The van der Waals surface area contributed by atoms with Crippen molar-refractivity contribution in [3.05, 3.63) is 18.5 Å². The van der Waals surface area contributed by atoms with E-state index in [1.165, 1.54) is 0 Å². The molecule has 18 heavy (non-hydrogen) atoms. The lowest BCUT2D eigenvalue weighted by molar-refractivity contribution is -0.130. The van der Waals surface area contributed by atoms with E-state index in [2.05, 4.69) is 9.97 Å². The summed E-state index contributed by atoms with van der Waals surface area (Å²) in [5.41, 5.74) is 0. The maximum Gasteiger partial charge on any atom is 0.242 e. The number of anilines is 1. The zero-order chi connectivity index (χ0) is 13.4. The molecule has 0 aliphatic heterocycles. The number of hydrogen-bond donors (Lipinski definition) is 1. The summed E-state index contributed by atoms with van der Waals surface area (Å²) in [6, 6.07) is 1.73. The van der Waals surface area contributed by atoms with Crippen molar-refractivity contribution in [2.75, 3.05) is 38.2 Å². The molecule has 0 spiro atoms. The summed E-state index contributed by atoms with van der Waals surface area (Å²) in [5, 5.41) is 8.93. The first-order chi connectivity index (χ1) is 8.69. The molecule has 1 N–H and O–H groups in total. The van der Waals surface area contributed by atoms with E-state index in [-0.39, 0.29) is 19.1 Å². The van der Waals surface area contributed by atoms with Crippen LogP contribution in [-0.4, -0.2) is 59.2 Å². The number of nitrogens with zero attached hydrogens (tertiary/aromatic N) is 4. The molecule has 0 fully saturated rings. The molecule has 0 saturated heterocycles. The Labute approximate surface area is 107 Å². The van der Waals surface area contributed by atoms with Crippen LogP contribution in [0.5, 0.6) is 0 Å². The van der Waals surface area contributed by atoms with Gasteiger partial charge in [0, 0.05) is 32.5 Å². The summed E-state index contributed by atoms with van der Waals surface area (Å²) in [6.45, 7) is 3.22. The average molecular weight is 252 g/mol.